The minimum atomic E-state index is 0.00428. The maximum absolute atomic E-state index is 12.1. The molecule has 0 amide bonds. The molecule has 24 heavy (non-hydrogen) atoms. The summed E-state index contributed by atoms with van der Waals surface area (Å²) in [4.78, 5) is 16.4. The highest BCUT2D eigenvalue weighted by molar-refractivity contribution is 7.99. The number of furan rings is 1. The topological polar surface area (TPSA) is 71.8 Å². The quantitative estimate of drug-likeness (QED) is 0.518. The van der Waals surface area contributed by atoms with Gasteiger partial charge in [0.25, 0.3) is 0 Å². The van der Waals surface area contributed by atoms with Crippen molar-refractivity contribution >= 4 is 41.3 Å². The van der Waals surface area contributed by atoms with E-state index in [2.05, 4.69) is 15.2 Å². The van der Waals surface area contributed by atoms with Crippen LogP contribution in [0.4, 0.5) is 0 Å². The van der Waals surface area contributed by atoms with Crippen molar-refractivity contribution in [3.63, 3.8) is 0 Å². The number of halogens is 1. The van der Waals surface area contributed by atoms with E-state index in [1.54, 1.807) is 36.4 Å². The van der Waals surface area contributed by atoms with Crippen LogP contribution in [0.25, 0.3) is 12.2 Å². The number of aromatic amines is 1. The number of rotatable bonds is 6. The summed E-state index contributed by atoms with van der Waals surface area (Å²) in [6, 6.07) is 10.6. The first-order valence-corrected chi connectivity index (χ1v) is 8.55. The van der Waals surface area contributed by atoms with Gasteiger partial charge in [-0.2, -0.15) is 0 Å². The Balaban J connectivity index is 1.57. The van der Waals surface area contributed by atoms with E-state index in [0.29, 0.717) is 21.6 Å². The summed E-state index contributed by atoms with van der Waals surface area (Å²) in [5.74, 6) is 2.47. The van der Waals surface area contributed by atoms with Gasteiger partial charge in [-0.3, -0.25) is 9.89 Å². The number of H-pyrrole nitrogens is 1. The van der Waals surface area contributed by atoms with Crippen molar-refractivity contribution in [2.75, 3.05) is 5.75 Å². The van der Waals surface area contributed by atoms with Gasteiger partial charge < -0.3 is 4.42 Å². The van der Waals surface area contributed by atoms with Gasteiger partial charge in [0.2, 0.25) is 5.16 Å². The number of benzene rings is 1. The first-order chi connectivity index (χ1) is 11.6. The summed E-state index contributed by atoms with van der Waals surface area (Å²) in [5.41, 5.74) is 0.621. The standard InChI is InChI=1S/C17H14ClN3O2S/c1-11-2-7-14(23-11)8-9-16-19-17(21-20-16)24-10-15(22)12-3-5-13(18)6-4-12/h2-9H,10H2,1H3,(H,19,20,21). The van der Waals surface area contributed by atoms with Crippen LogP contribution >= 0.6 is 23.4 Å². The molecule has 0 radical (unpaired) electrons. The number of aromatic nitrogens is 3. The van der Waals surface area contributed by atoms with E-state index in [9.17, 15) is 4.79 Å². The second-order valence-electron chi connectivity index (χ2n) is 5.00. The molecule has 0 unspecified atom stereocenters. The van der Waals surface area contributed by atoms with Gasteiger partial charge in [-0.1, -0.05) is 23.4 Å². The highest BCUT2D eigenvalue weighted by atomic mass is 35.5. The van der Waals surface area contributed by atoms with Crippen molar-refractivity contribution in [2.24, 2.45) is 0 Å². The highest BCUT2D eigenvalue weighted by Crippen LogP contribution is 2.17. The Morgan fingerprint density at radius 1 is 1.25 bits per heavy atom. The summed E-state index contributed by atoms with van der Waals surface area (Å²) < 4.78 is 5.44. The van der Waals surface area contributed by atoms with Crippen LogP contribution in [0.1, 0.15) is 27.7 Å². The van der Waals surface area contributed by atoms with Gasteiger partial charge in [0.05, 0.1) is 5.75 Å². The number of nitrogens with zero attached hydrogens (tertiary/aromatic N) is 2. The predicted octanol–water partition coefficient (Wildman–Crippen LogP) is 4.50. The number of Topliss-reactive ketones (excluding diaryl/α,β-unsaturated/α-hetero) is 1. The van der Waals surface area contributed by atoms with E-state index in [1.807, 2.05) is 19.1 Å². The van der Waals surface area contributed by atoms with Crippen LogP contribution in [0.15, 0.2) is 46.0 Å². The lowest BCUT2D eigenvalue weighted by atomic mass is 10.1. The van der Waals surface area contributed by atoms with E-state index in [0.717, 1.165) is 11.5 Å². The van der Waals surface area contributed by atoms with Crippen molar-refractivity contribution in [3.05, 3.63) is 64.3 Å². The Bertz CT molecular complexity index is 868. The van der Waals surface area contributed by atoms with Gasteiger partial charge in [-0.25, -0.2) is 4.98 Å². The zero-order valence-electron chi connectivity index (χ0n) is 12.8. The molecule has 7 heteroatoms. The number of carbonyl (C=O) groups excluding carboxylic acids is 1. The monoisotopic (exact) mass is 359 g/mol. The van der Waals surface area contributed by atoms with Gasteiger partial charge in [0.1, 0.15) is 17.3 Å². The Morgan fingerprint density at radius 2 is 2.04 bits per heavy atom. The third kappa shape index (κ3) is 4.37. The molecule has 1 N–H and O–H groups in total. The first-order valence-electron chi connectivity index (χ1n) is 7.18. The predicted molar refractivity (Wildman–Crippen MR) is 95.3 cm³/mol. The highest BCUT2D eigenvalue weighted by Gasteiger charge is 2.09. The fourth-order valence-corrected chi connectivity index (χ4v) is 2.78. The number of hydrogen-bond acceptors (Lipinski definition) is 5. The maximum atomic E-state index is 12.1. The third-order valence-corrected chi connectivity index (χ3v) is 4.25. The molecule has 3 rings (SSSR count). The van der Waals surface area contributed by atoms with E-state index in [1.165, 1.54) is 11.8 Å². The molecule has 0 aliphatic carbocycles. The molecule has 0 atom stereocenters. The molecule has 5 nitrogen and oxygen atoms in total. The zero-order chi connectivity index (χ0) is 16.9. The molecule has 0 spiro atoms. The average molecular weight is 360 g/mol. The Morgan fingerprint density at radius 3 is 2.75 bits per heavy atom. The molecule has 3 aromatic rings. The van der Waals surface area contributed by atoms with Gasteiger partial charge in [0.15, 0.2) is 5.78 Å². The largest absolute Gasteiger partial charge is 0.462 e. The summed E-state index contributed by atoms with van der Waals surface area (Å²) in [6.07, 6.45) is 3.58. The fourth-order valence-electron chi connectivity index (χ4n) is 1.95. The Kier molecular flexibility index (Phi) is 5.17. The van der Waals surface area contributed by atoms with Crippen molar-refractivity contribution in [2.45, 2.75) is 12.1 Å². The lowest BCUT2D eigenvalue weighted by Gasteiger charge is -1.98. The summed E-state index contributed by atoms with van der Waals surface area (Å²) in [5, 5.41) is 8.03. The van der Waals surface area contributed by atoms with E-state index in [-0.39, 0.29) is 11.5 Å². The van der Waals surface area contributed by atoms with Crippen LogP contribution < -0.4 is 0 Å². The number of ketones is 1. The first kappa shape index (κ1) is 16.5. The molecular formula is C17H14ClN3O2S. The minimum absolute atomic E-state index is 0.00428. The minimum Gasteiger partial charge on any atom is -0.462 e. The summed E-state index contributed by atoms with van der Waals surface area (Å²) in [6.45, 7) is 1.89. The molecule has 0 bridgehead atoms. The third-order valence-electron chi connectivity index (χ3n) is 3.15. The van der Waals surface area contributed by atoms with Gasteiger partial charge in [0, 0.05) is 10.6 Å². The van der Waals surface area contributed by atoms with Crippen molar-refractivity contribution in [1.82, 2.24) is 15.2 Å². The molecule has 2 aromatic heterocycles. The molecule has 2 heterocycles. The van der Waals surface area contributed by atoms with Gasteiger partial charge >= 0.3 is 0 Å². The Labute approximate surface area is 148 Å². The van der Waals surface area contributed by atoms with Crippen molar-refractivity contribution in [3.8, 4) is 0 Å². The molecule has 122 valence electrons. The van der Waals surface area contributed by atoms with Crippen molar-refractivity contribution < 1.29 is 9.21 Å². The number of hydrogen-bond donors (Lipinski definition) is 1. The van der Waals surface area contributed by atoms with Crippen molar-refractivity contribution in [1.29, 1.82) is 0 Å². The fraction of sp³-hybridized carbons (Fsp3) is 0.118. The second-order valence-corrected chi connectivity index (χ2v) is 6.38. The van der Waals surface area contributed by atoms with E-state index < -0.39 is 0 Å². The van der Waals surface area contributed by atoms with Crippen LogP contribution in [0, 0.1) is 6.92 Å². The van der Waals surface area contributed by atoms with E-state index >= 15 is 0 Å². The Hall–Kier alpha value is -2.31. The lowest BCUT2D eigenvalue weighted by molar-refractivity contribution is 0.102. The van der Waals surface area contributed by atoms with Crippen LogP contribution in [0.3, 0.4) is 0 Å². The van der Waals surface area contributed by atoms with Crippen LogP contribution in [0.5, 0.6) is 0 Å². The number of aryl methyl sites for hydroxylation is 1. The molecule has 0 saturated heterocycles. The summed E-state index contributed by atoms with van der Waals surface area (Å²) >= 11 is 7.09. The van der Waals surface area contributed by atoms with Crippen LogP contribution in [-0.2, 0) is 0 Å². The number of thioether (sulfide) groups is 1. The zero-order valence-corrected chi connectivity index (χ0v) is 14.4. The normalized spacial score (nSPS) is 11.2. The molecule has 0 fully saturated rings. The summed E-state index contributed by atoms with van der Waals surface area (Å²) in [7, 11) is 0. The van der Waals surface area contributed by atoms with Gasteiger partial charge in [-0.05, 0) is 55.5 Å². The molecule has 0 saturated carbocycles. The number of carbonyl (C=O) groups is 1. The molecular weight excluding hydrogens is 346 g/mol. The average Bonchev–Trinajstić information content (AvgIpc) is 3.20. The smallest absolute Gasteiger partial charge is 0.209 e. The molecule has 0 aliphatic heterocycles. The van der Waals surface area contributed by atoms with Crippen LogP contribution in [-0.4, -0.2) is 26.7 Å². The maximum Gasteiger partial charge on any atom is 0.209 e. The van der Waals surface area contributed by atoms with Gasteiger partial charge in [-0.15, -0.1) is 5.10 Å². The second kappa shape index (κ2) is 7.51. The number of nitrogens with one attached hydrogen (secondary N) is 1. The molecule has 0 aliphatic rings. The molecule has 1 aromatic carbocycles. The van der Waals surface area contributed by atoms with Crippen LogP contribution in [0.2, 0.25) is 5.02 Å². The SMILES string of the molecule is Cc1ccc(C=Cc2nc(SCC(=O)c3ccc(Cl)cc3)n[nH]2)o1. The lowest BCUT2D eigenvalue weighted by Crippen LogP contribution is -2.02. The van der Waals surface area contributed by atoms with E-state index in [4.69, 9.17) is 16.0 Å².